The molecule has 0 aliphatic rings. The summed E-state index contributed by atoms with van der Waals surface area (Å²) in [6.45, 7) is 13.0. The largest absolute Gasteiger partial charge is 0.246 e. The molecule has 10 aromatic rings. The first-order valence-corrected chi connectivity index (χ1v) is 21.0. The van der Waals surface area contributed by atoms with Crippen molar-refractivity contribution in [3.05, 3.63) is 209 Å². The SMILES string of the molecule is Cc1ccc(-c2cc3c4ccccc4c4nc(-c5ccc(C)cc5)c(-c5ccc(C)cc5)c(-c5ccc(C)cc5)c4c3c(-c3ccc(C)cc3)c2-c2ccc(C)cc2)cc1. The zero-order chi connectivity index (χ0) is 41.1. The molecular weight excluding hydrogens is 723 g/mol. The van der Waals surface area contributed by atoms with Crippen molar-refractivity contribution in [2.45, 2.75) is 41.5 Å². The third-order valence-corrected chi connectivity index (χ3v) is 12.3. The Labute approximate surface area is 353 Å². The molecule has 0 amide bonds. The lowest BCUT2D eigenvalue weighted by atomic mass is 9.78. The second-order valence-corrected chi connectivity index (χ2v) is 16.8. The molecule has 0 N–H and O–H groups in total. The Morgan fingerprint density at radius 1 is 0.283 bits per heavy atom. The van der Waals surface area contributed by atoms with Gasteiger partial charge in [0.25, 0.3) is 0 Å². The van der Waals surface area contributed by atoms with Crippen LogP contribution in [0.1, 0.15) is 33.4 Å². The minimum absolute atomic E-state index is 0.985. The molecule has 0 saturated carbocycles. The van der Waals surface area contributed by atoms with Gasteiger partial charge in [-0.05, 0) is 103 Å². The van der Waals surface area contributed by atoms with Crippen LogP contribution < -0.4 is 0 Å². The first-order valence-electron chi connectivity index (χ1n) is 21.0. The summed E-state index contributed by atoms with van der Waals surface area (Å²) >= 11 is 0. The van der Waals surface area contributed by atoms with Crippen molar-refractivity contribution in [3.63, 3.8) is 0 Å². The van der Waals surface area contributed by atoms with Crippen molar-refractivity contribution in [1.29, 1.82) is 0 Å². The molecule has 0 aliphatic heterocycles. The zero-order valence-electron chi connectivity index (χ0n) is 35.2. The predicted octanol–water partition coefficient (Wildman–Crippen LogP) is 16.4. The summed E-state index contributed by atoms with van der Waals surface area (Å²) in [6, 6.07) is 65.8. The number of aryl methyl sites for hydroxylation is 6. The van der Waals surface area contributed by atoms with Gasteiger partial charge in [0.2, 0.25) is 0 Å². The number of rotatable bonds is 6. The second-order valence-electron chi connectivity index (χ2n) is 16.8. The molecule has 0 saturated heterocycles. The minimum atomic E-state index is 0.985. The highest BCUT2D eigenvalue weighted by Crippen LogP contribution is 2.53. The molecule has 0 unspecified atom stereocenters. The van der Waals surface area contributed by atoms with Gasteiger partial charge in [-0.15, -0.1) is 0 Å². The molecule has 0 spiro atoms. The van der Waals surface area contributed by atoms with Crippen molar-refractivity contribution < 1.29 is 0 Å². The number of benzene rings is 9. The van der Waals surface area contributed by atoms with E-state index in [1.807, 2.05) is 0 Å². The lowest BCUT2D eigenvalue weighted by Crippen LogP contribution is -2.01. The molecule has 0 radical (unpaired) electrons. The van der Waals surface area contributed by atoms with Crippen LogP contribution in [0.2, 0.25) is 0 Å². The van der Waals surface area contributed by atoms with Gasteiger partial charge in [-0.25, -0.2) is 4.98 Å². The summed E-state index contributed by atoms with van der Waals surface area (Å²) in [6.07, 6.45) is 0. The molecule has 1 nitrogen and oxygen atoms in total. The van der Waals surface area contributed by atoms with Crippen molar-refractivity contribution in [2.24, 2.45) is 0 Å². The van der Waals surface area contributed by atoms with Gasteiger partial charge >= 0.3 is 0 Å². The van der Waals surface area contributed by atoms with Crippen LogP contribution in [0.4, 0.5) is 0 Å². The number of aromatic nitrogens is 1. The lowest BCUT2D eigenvalue weighted by molar-refractivity contribution is 1.38. The van der Waals surface area contributed by atoms with E-state index in [0.717, 1.165) is 33.3 Å². The van der Waals surface area contributed by atoms with Crippen LogP contribution in [-0.4, -0.2) is 4.98 Å². The van der Waals surface area contributed by atoms with E-state index in [1.165, 1.54) is 99.4 Å². The van der Waals surface area contributed by atoms with Gasteiger partial charge in [0.05, 0.1) is 11.2 Å². The number of fused-ring (bicyclic) bond motifs is 6. The Hall–Kier alpha value is -7.09. The van der Waals surface area contributed by atoms with Gasteiger partial charge in [0.15, 0.2) is 0 Å². The van der Waals surface area contributed by atoms with Gasteiger partial charge in [-0.1, -0.05) is 203 Å². The van der Waals surface area contributed by atoms with Crippen LogP contribution in [0.3, 0.4) is 0 Å². The molecule has 0 aliphatic carbocycles. The molecule has 1 heterocycles. The fraction of sp³-hybridized carbons (Fsp3) is 0.102. The Kier molecular flexibility index (Phi) is 9.26. The fourth-order valence-corrected chi connectivity index (χ4v) is 9.02. The zero-order valence-corrected chi connectivity index (χ0v) is 35.2. The molecule has 9 aromatic carbocycles. The lowest BCUT2D eigenvalue weighted by Gasteiger charge is -2.25. The highest BCUT2D eigenvalue weighted by molar-refractivity contribution is 6.34. The smallest absolute Gasteiger partial charge is 0.0801 e. The summed E-state index contributed by atoms with van der Waals surface area (Å²) in [5, 5.41) is 5.93. The summed E-state index contributed by atoms with van der Waals surface area (Å²) in [5.41, 5.74) is 22.4. The van der Waals surface area contributed by atoms with E-state index in [4.69, 9.17) is 4.98 Å². The highest BCUT2D eigenvalue weighted by atomic mass is 14.7. The molecule has 1 heteroatoms. The average Bonchev–Trinajstić information content (AvgIpc) is 3.27. The first-order chi connectivity index (χ1) is 29.2. The van der Waals surface area contributed by atoms with E-state index >= 15 is 0 Å². The van der Waals surface area contributed by atoms with Crippen molar-refractivity contribution in [2.75, 3.05) is 0 Å². The van der Waals surface area contributed by atoms with Gasteiger partial charge in [-0.2, -0.15) is 0 Å². The normalized spacial score (nSPS) is 11.5. The fourth-order valence-electron chi connectivity index (χ4n) is 9.02. The van der Waals surface area contributed by atoms with Gasteiger partial charge in [0, 0.05) is 32.8 Å². The Balaban J connectivity index is 1.54. The molecular formula is C59H47N. The van der Waals surface area contributed by atoms with E-state index in [-0.39, 0.29) is 0 Å². The number of hydrogen-bond acceptors (Lipinski definition) is 1. The van der Waals surface area contributed by atoms with Gasteiger partial charge < -0.3 is 0 Å². The summed E-state index contributed by atoms with van der Waals surface area (Å²) in [4.78, 5) is 5.91. The molecule has 0 bridgehead atoms. The molecule has 288 valence electrons. The van der Waals surface area contributed by atoms with Crippen LogP contribution in [-0.2, 0) is 0 Å². The summed E-state index contributed by atoms with van der Waals surface area (Å²) in [5.74, 6) is 0. The maximum Gasteiger partial charge on any atom is 0.0801 e. The average molecular weight is 770 g/mol. The van der Waals surface area contributed by atoms with E-state index in [2.05, 4.69) is 217 Å². The molecule has 10 rings (SSSR count). The van der Waals surface area contributed by atoms with Crippen LogP contribution in [0.25, 0.3) is 99.3 Å². The van der Waals surface area contributed by atoms with E-state index < -0.39 is 0 Å². The molecule has 0 fully saturated rings. The van der Waals surface area contributed by atoms with Crippen LogP contribution in [0.5, 0.6) is 0 Å². The second kappa shape index (κ2) is 14.9. The molecule has 1 aromatic heterocycles. The molecule has 60 heavy (non-hydrogen) atoms. The maximum absolute atomic E-state index is 5.91. The predicted molar refractivity (Wildman–Crippen MR) is 258 cm³/mol. The van der Waals surface area contributed by atoms with Crippen LogP contribution >= 0.6 is 0 Å². The van der Waals surface area contributed by atoms with Crippen LogP contribution in [0, 0.1) is 41.5 Å². The van der Waals surface area contributed by atoms with Crippen LogP contribution in [0.15, 0.2) is 176 Å². The van der Waals surface area contributed by atoms with E-state index in [0.29, 0.717) is 0 Å². The maximum atomic E-state index is 5.91. The summed E-state index contributed by atoms with van der Waals surface area (Å²) < 4.78 is 0. The monoisotopic (exact) mass is 769 g/mol. The van der Waals surface area contributed by atoms with Gasteiger partial charge in [0.1, 0.15) is 0 Å². The highest BCUT2D eigenvalue weighted by Gasteiger charge is 2.27. The third kappa shape index (κ3) is 6.48. The topological polar surface area (TPSA) is 12.9 Å². The number of nitrogens with zero attached hydrogens (tertiary/aromatic N) is 1. The molecule has 0 atom stereocenters. The Bertz CT molecular complexity index is 3000. The van der Waals surface area contributed by atoms with E-state index in [9.17, 15) is 0 Å². The standard InChI is InChI=1S/C59H47N/c1-36-11-23-42(24-12-36)50-35-51-48-9-7-8-10-49(48)59-57(56(51)53(44-27-15-38(3)16-28-44)52(50)43-25-13-37(2)14-26-43)54(45-29-17-39(4)18-30-45)55(46-31-19-40(5)20-32-46)58(60-59)47-33-21-41(6)22-34-47/h7-35H,1-6H3. The number of hydrogen-bond donors (Lipinski definition) is 0. The van der Waals surface area contributed by atoms with E-state index in [1.54, 1.807) is 0 Å². The van der Waals surface area contributed by atoms with Gasteiger partial charge in [-0.3, -0.25) is 0 Å². The minimum Gasteiger partial charge on any atom is -0.246 e. The quantitative estimate of drug-likeness (QED) is 0.154. The Morgan fingerprint density at radius 2 is 0.633 bits per heavy atom. The Morgan fingerprint density at radius 3 is 1.08 bits per heavy atom. The summed E-state index contributed by atoms with van der Waals surface area (Å²) in [7, 11) is 0. The number of pyridine rings is 1. The van der Waals surface area contributed by atoms with Crippen molar-refractivity contribution in [1.82, 2.24) is 4.98 Å². The third-order valence-electron chi connectivity index (χ3n) is 12.3. The first kappa shape index (κ1) is 37.2. The van der Waals surface area contributed by atoms with Crippen molar-refractivity contribution >= 4 is 32.4 Å². The van der Waals surface area contributed by atoms with Crippen molar-refractivity contribution in [3.8, 4) is 66.9 Å².